The highest BCUT2D eigenvalue weighted by Crippen LogP contribution is 2.32. The van der Waals surface area contributed by atoms with Crippen molar-refractivity contribution in [1.82, 2.24) is 19.7 Å². The number of carbonyl (C=O) groups excluding carboxylic acids is 1. The summed E-state index contributed by atoms with van der Waals surface area (Å²) in [7, 11) is -3.34. The number of hydrogen-bond acceptors (Lipinski definition) is 7. The fourth-order valence-corrected chi connectivity index (χ4v) is 6.51. The van der Waals surface area contributed by atoms with Gasteiger partial charge in [0.15, 0.2) is 11.6 Å². The Labute approximate surface area is 241 Å². The van der Waals surface area contributed by atoms with Gasteiger partial charge in [-0.2, -0.15) is 5.10 Å². The molecule has 0 bridgehead atoms. The van der Waals surface area contributed by atoms with Crippen LogP contribution in [0.1, 0.15) is 33.6 Å². The number of para-hydroxylation sites is 1. The lowest BCUT2D eigenvalue weighted by Crippen LogP contribution is -2.25. The number of hydrogen-bond donors (Lipinski definition) is 2. The smallest absolute Gasteiger partial charge is 0.235 e. The average molecular weight is 597 g/mol. The minimum absolute atomic E-state index is 0. The summed E-state index contributed by atoms with van der Waals surface area (Å²) in [6, 6.07) is 13.0. The summed E-state index contributed by atoms with van der Waals surface area (Å²) in [4.78, 5) is 20.8. The second-order valence-corrected chi connectivity index (χ2v) is 11.7. The molecule has 1 saturated heterocycles. The Morgan fingerprint density at radius 2 is 1.83 bits per heavy atom. The molecular weight excluding hydrogens is 571 g/mol. The number of fused-ring (bicyclic) bond motifs is 1. The molecule has 0 saturated carbocycles. The van der Waals surface area contributed by atoms with E-state index >= 15 is 0 Å². The molecule has 0 atom stereocenters. The third kappa shape index (κ3) is 5.00. The number of rotatable bonds is 6. The summed E-state index contributed by atoms with van der Waals surface area (Å²) in [6.07, 6.45) is 3.45. The normalized spacial score (nSPS) is 14.3. The Kier molecular flexibility index (Phi) is 7.22. The van der Waals surface area contributed by atoms with E-state index in [1.807, 2.05) is 13.0 Å². The Bertz CT molecular complexity index is 1920. The van der Waals surface area contributed by atoms with Crippen LogP contribution < -0.4 is 14.8 Å². The lowest BCUT2D eigenvalue weighted by Gasteiger charge is -2.19. The third-order valence-corrected chi connectivity index (χ3v) is 8.79. The second kappa shape index (κ2) is 10.5. The molecule has 3 N–H and O–H groups in total. The van der Waals surface area contributed by atoms with Gasteiger partial charge in [0.2, 0.25) is 21.7 Å². The van der Waals surface area contributed by atoms with Gasteiger partial charge in [0, 0.05) is 23.5 Å². The summed E-state index contributed by atoms with van der Waals surface area (Å²) in [5.74, 6) is -0.373. The first-order valence-electron chi connectivity index (χ1n) is 12.5. The Morgan fingerprint density at radius 1 is 1.07 bits per heavy atom. The van der Waals surface area contributed by atoms with E-state index in [-0.39, 0.29) is 47.0 Å². The van der Waals surface area contributed by atoms with Crippen LogP contribution in [-0.2, 0) is 10.0 Å². The molecule has 5 aromatic rings. The van der Waals surface area contributed by atoms with Crippen LogP contribution in [0.4, 0.5) is 15.9 Å². The first-order chi connectivity index (χ1) is 19.1. The summed E-state index contributed by atoms with van der Waals surface area (Å²) in [5, 5.41) is 5.09. The molecule has 1 aliphatic heterocycles. The molecular formula is C28H26ClFN6O4S. The topological polar surface area (TPSA) is 136 Å². The molecule has 0 aliphatic carbocycles. The van der Waals surface area contributed by atoms with E-state index in [4.69, 9.17) is 10.5 Å². The summed E-state index contributed by atoms with van der Waals surface area (Å²) >= 11 is 0. The highest BCUT2D eigenvalue weighted by Gasteiger charge is 2.30. The van der Waals surface area contributed by atoms with Crippen molar-refractivity contribution in [3.63, 3.8) is 0 Å². The van der Waals surface area contributed by atoms with Gasteiger partial charge < -0.3 is 15.5 Å². The predicted octanol–water partition coefficient (Wildman–Crippen LogP) is 5.07. The number of ether oxygens (including phenoxy) is 1. The number of nitrogen functional groups attached to an aromatic ring is 1. The van der Waals surface area contributed by atoms with Crippen molar-refractivity contribution in [3.8, 4) is 17.3 Å². The van der Waals surface area contributed by atoms with Crippen molar-refractivity contribution in [3.05, 3.63) is 89.1 Å². The number of aromatic amines is 1. The van der Waals surface area contributed by atoms with Gasteiger partial charge >= 0.3 is 0 Å². The number of aryl methyl sites for hydroxylation is 2. The maximum atomic E-state index is 14.0. The molecule has 212 valence electrons. The van der Waals surface area contributed by atoms with Gasteiger partial charge in [-0.1, -0.05) is 12.1 Å². The molecule has 0 amide bonds. The molecule has 13 heteroatoms. The maximum Gasteiger partial charge on any atom is 0.235 e. The largest absolute Gasteiger partial charge is 0.436 e. The van der Waals surface area contributed by atoms with Gasteiger partial charge in [0.25, 0.3) is 0 Å². The molecule has 1 fully saturated rings. The monoisotopic (exact) mass is 596 g/mol. The predicted molar refractivity (Wildman–Crippen MR) is 156 cm³/mol. The van der Waals surface area contributed by atoms with Crippen molar-refractivity contribution in [2.45, 2.75) is 20.3 Å². The number of ketones is 1. The van der Waals surface area contributed by atoms with Gasteiger partial charge in [0.1, 0.15) is 5.82 Å². The highest BCUT2D eigenvalue weighted by molar-refractivity contribution is 7.93. The fraction of sp³-hybridized carbons (Fsp3) is 0.179. The van der Waals surface area contributed by atoms with Crippen molar-refractivity contribution in [1.29, 1.82) is 0 Å². The number of benzene rings is 2. The lowest BCUT2D eigenvalue weighted by atomic mass is 10.1. The first kappa shape index (κ1) is 28.1. The van der Waals surface area contributed by atoms with Crippen LogP contribution >= 0.6 is 12.4 Å². The van der Waals surface area contributed by atoms with E-state index < -0.39 is 15.8 Å². The Balaban J connectivity index is 0.00000337. The maximum absolute atomic E-state index is 14.0. The molecule has 41 heavy (non-hydrogen) atoms. The number of nitrogens with zero attached hydrogens (tertiary/aromatic N) is 4. The van der Waals surface area contributed by atoms with E-state index in [1.54, 1.807) is 37.3 Å². The summed E-state index contributed by atoms with van der Waals surface area (Å²) < 4.78 is 47.3. The molecule has 0 radical (unpaired) electrons. The van der Waals surface area contributed by atoms with Crippen LogP contribution in [0.25, 0.3) is 16.6 Å². The number of nitrogens with one attached hydrogen (secondary N) is 1. The minimum atomic E-state index is -3.34. The zero-order chi connectivity index (χ0) is 28.2. The number of carbonyl (C=O) groups is 1. The number of H-pyrrole nitrogens is 1. The SMILES string of the molecule is Cc1cc2cc(C(=O)c3cnn(-c4cnc(Oc5ccccc5F)cc4C)c3N)[nH]c2cc1N1CCCS1(=O)=O.Cl. The molecule has 0 unspecified atom stereocenters. The lowest BCUT2D eigenvalue weighted by molar-refractivity contribution is 0.103. The standard InChI is InChI=1S/C28H25FN6O4S.ClH/c1-16-10-18-12-22(33-21(18)13-23(16)34-8-5-9-40(34,37)38)27(36)19-14-32-35(28(19)30)24-15-31-26(11-17(24)2)39-25-7-4-3-6-20(25)29;/h3-4,6-7,10-15,33H,5,8-9,30H2,1-2H3;1H. The summed E-state index contributed by atoms with van der Waals surface area (Å²) in [5.41, 5.74) is 10.1. The van der Waals surface area contributed by atoms with Crippen LogP contribution in [0.5, 0.6) is 11.6 Å². The van der Waals surface area contributed by atoms with Crippen LogP contribution in [0.2, 0.25) is 0 Å². The number of nitrogens with two attached hydrogens (primary N) is 1. The van der Waals surface area contributed by atoms with E-state index in [9.17, 15) is 17.6 Å². The molecule has 2 aromatic carbocycles. The first-order valence-corrected chi connectivity index (χ1v) is 14.1. The Morgan fingerprint density at radius 3 is 2.54 bits per heavy atom. The van der Waals surface area contributed by atoms with E-state index in [0.717, 1.165) is 10.9 Å². The van der Waals surface area contributed by atoms with Crippen LogP contribution in [0.15, 0.2) is 60.9 Å². The van der Waals surface area contributed by atoms with Gasteiger partial charge in [-0.15, -0.1) is 12.4 Å². The van der Waals surface area contributed by atoms with Crippen LogP contribution in [0, 0.1) is 19.7 Å². The molecule has 3 aromatic heterocycles. The van der Waals surface area contributed by atoms with Crippen LogP contribution in [-0.4, -0.2) is 46.2 Å². The molecule has 4 heterocycles. The van der Waals surface area contributed by atoms with Gasteiger partial charge in [-0.3, -0.25) is 9.10 Å². The quantitative estimate of drug-likeness (QED) is 0.261. The van der Waals surface area contributed by atoms with Gasteiger partial charge in [-0.05, 0) is 61.7 Å². The summed E-state index contributed by atoms with van der Waals surface area (Å²) in [6.45, 7) is 4.08. The minimum Gasteiger partial charge on any atom is -0.436 e. The fourth-order valence-electron chi connectivity index (χ4n) is 4.89. The van der Waals surface area contributed by atoms with Crippen molar-refractivity contribution in [2.75, 3.05) is 22.3 Å². The average Bonchev–Trinajstić information content (AvgIpc) is 3.60. The number of pyridine rings is 1. The van der Waals surface area contributed by atoms with Gasteiger partial charge in [-0.25, -0.2) is 22.5 Å². The number of anilines is 2. The van der Waals surface area contributed by atoms with E-state index in [0.29, 0.717) is 41.1 Å². The van der Waals surface area contributed by atoms with E-state index in [1.165, 1.54) is 33.5 Å². The van der Waals surface area contributed by atoms with Crippen molar-refractivity contribution < 1.29 is 22.3 Å². The van der Waals surface area contributed by atoms with Crippen LogP contribution in [0.3, 0.4) is 0 Å². The molecule has 0 spiro atoms. The van der Waals surface area contributed by atoms with Crippen molar-refractivity contribution in [2.24, 2.45) is 0 Å². The number of sulfonamides is 1. The van der Waals surface area contributed by atoms with Gasteiger partial charge in [0.05, 0.1) is 40.8 Å². The van der Waals surface area contributed by atoms with E-state index in [2.05, 4.69) is 15.1 Å². The second-order valence-electron chi connectivity index (χ2n) is 9.68. The zero-order valence-corrected chi connectivity index (χ0v) is 23.7. The van der Waals surface area contributed by atoms with Crippen molar-refractivity contribution >= 4 is 50.6 Å². The third-order valence-electron chi connectivity index (χ3n) is 6.94. The molecule has 6 rings (SSSR count). The zero-order valence-electron chi connectivity index (χ0n) is 22.1. The highest BCUT2D eigenvalue weighted by atomic mass is 35.5. The molecule has 1 aliphatic rings. The Hall–Kier alpha value is -4.42. The molecule has 10 nitrogen and oxygen atoms in total. The number of halogens is 2. The number of aromatic nitrogens is 4.